The van der Waals surface area contributed by atoms with Crippen LogP contribution in [0.4, 0.5) is 0 Å². The summed E-state index contributed by atoms with van der Waals surface area (Å²) in [7, 11) is 0. The van der Waals surface area contributed by atoms with Crippen LogP contribution >= 0.6 is 0 Å². The maximum atomic E-state index is 6.12. The molecule has 150 valence electrons. The molecule has 1 aliphatic rings. The third-order valence-electron chi connectivity index (χ3n) is 6.01. The predicted octanol–water partition coefficient (Wildman–Crippen LogP) is 5.33. The Morgan fingerprint density at radius 3 is 2.66 bits per heavy atom. The summed E-state index contributed by atoms with van der Waals surface area (Å²) in [5, 5.41) is 3.82. The summed E-state index contributed by atoms with van der Waals surface area (Å²) in [6.07, 6.45) is 7.62. The van der Waals surface area contributed by atoms with Gasteiger partial charge in [0.05, 0.1) is 11.7 Å². The highest BCUT2D eigenvalue weighted by Gasteiger charge is 2.21. The van der Waals surface area contributed by atoms with Gasteiger partial charge in [-0.3, -0.25) is 4.98 Å². The molecule has 3 N–H and O–H groups in total. The maximum Gasteiger partial charge on any atom is 0.0605 e. The van der Waals surface area contributed by atoms with Gasteiger partial charge in [0.15, 0.2) is 0 Å². The molecule has 29 heavy (non-hydrogen) atoms. The van der Waals surface area contributed by atoms with Crippen molar-refractivity contribution in [1.29, 1.82) is 0 Å². The van der Waals surface area contributed by atoms with Crippen molar-refractivity contribution in [3.63, 3.8) is 0 Å². The summed E-state index contributed by atoms with van der Waals surface area (Å²) in [4.78, 5) is 4.69. The number of nitrogens with two attached hydrogens (primary N) is 1. The second kappa shape index (κ2) is 9.34. The molecule has 1 heterocycles. The minimum Gasteiger partial charge on any atom is -0.326 e. The van der Waals surface area contributed by atoms with E-state index in [-0.39, 0.29) is 0 Å². The van der Waals surface area contributed by atoms with Crippen molar-refractivity contribution in [2.24, 2.45) is 5.73 Å². The lowest BCUT2D eigenvalue weighted by Gasteiger charge is -2.26. The van der Waals surface area contributed by atoms with Gasteiger partial charge in [-0.1, -0.05) is 61.9 Å². The predicted molar refractivity (Wildman–Crippen MR) is 121 cm³/mol. The second-order valence-electron chi connectivity index (χ2n) is 7.93. The molecular formula is C26H31N3. The first-order valence-corrected chi connectivity index (χ1v) is 10.9. The molecule has 1 atom stereocenters. The lowest BCUT2D eigenvalue weighted by Crippen LogP contribution is -2.26. The van der Waals surface area contributed by atoms with Crippen LogP contribution in [0.15, 0.2) is 60.8 Å². The minimum atomic E-state index is 0.337. The van der Waals surface area contributed by atoms with Crippen LogP contribution in [0.1, 0.15) is 60.2 Å². The van der Waals surface area contributed by atoms with Crippen LogP contribution in [0, 0.1) is 0 Å². The van der Waals surface area contributed by atoms with E-state index in [1.54, 1.807) is 0 Å². The van der Waals surface area contributed by atoms with Crippen molar-refractivity contribution < 1.29 is 0 Å². The molecular weight excluding hydrogens is 354 g/mol. The van der Waals surface area contributed by atoms with Gasteiger partial charge in [-0.05, 0) is 65.1 Å². The number of nitrogens with one attached hydrogen (secondary N) is 1. The fourth-order valence-corrected chi connectivity index (χ4v) is 4.62. The fraction of sp³-hybridized carbons (Fsp3) is 0.346. The molecule has 1 aromatic heterocycles. The zero-order chi connectivity index (χ0) is 20.1. The highest BCUT2D eigenvalue weighted by atomic mass is 14.9. The van der Waals surface area contributed by atoms with Crippen molar-refractivity contribution >= 4 is 0 Å². The van der Waals surface area contributed by atoms with Crippen LogP contribution in [0.25, 0.3) is 11.1 Å². The lowest BCUT2D eigenvalue weighted by atomic mass is 9.88. The summed E-state index contributed by atoms with van der Waals surface area (Å²) >= 11 is 0. The van der Waals surface area contributed by atoms with E-state index in [0.717, 1.165) is 32.2 Å². The number of hydrogen-bond acceptors (Lipinski definition) is 3. The minimum absolute atomic E-state index is 0.337. The van der Waals surface area contributed by atoms with Gasteiger partial charge < -0.3 is 11.1 Å². The first-order valence-electron chi connectivity index (χ1n) is 10.9. The van der Waals surface area contributed by atoms with Crippen molar-refractivity contribution in [1.82, 2.24) is 10.3 Å². The van der Waals surface area contributed by atoms with Crippen LogP contribution in [0.5, 0.6) is 0 Å². The molecule has 3 aromatic rings. The quantitative estimate of drug-likeness (QED) is 0.578. The average Bonchev–Trinajstić information content (AvgIpc) is 2.78. The number of benzene rings is 2. The first-order chi connectivity index (χ1) is 14.3. The summed E-state index contributed by atoms with van der Waals surface area (Å²) in [6, 6.07) is 19.8. The number of rotatable bonds is 7. The topological polar surface area (TPSA) is 50.9 Å². The number of fused-ring (bicyclic) bond motifs is 1. The summed E-state index contributed by atoms with van der Waals surface area (Å²) in [5.74, 6) is 0. The van der Waals surface area contributed by atoms with E-state index < -0.39 is 0 Å². The lowest BCUT2D eigenvalue weighted by molar-refractivity contribution is 0.447. The maximum absolute atomic E-state index is 6.12. The Bertz CT molecular complexity index is 949. The van der Waals surface area contributed by atoms with Gasteiger partial charge in [0.1, 0.15) is 0 Å². The van der Waals surface area contributed by atoms with Crippen molar-refractivity contribution in [3.05, 3.63) is 88.7 Å². The van der Waals surface area contributed by atoms with E-state index in [0.29, 0.717) is 12.6 Å². The monoisotopic (exact) mass is 385 g/mol. The van der Waals surface area contributed by atoms with E-state index >= 15 is 0 Å². The Hall–Kier alpha value is -2.49. The standard InChI is InChI=1S/C26H31N3/c1-2-8-23-22(15-14-21(17-27)25(23)19-9-4-3-5-10-19)18-29-24-13-6-11-20-12-7-16-28-26(20)24/h3-5,7,9-10,12,14-16,24,29H,2,6,8,11,13,17-18,27H2,1H3. The van der Waals surface area contributed by atoms with Crippen LogP contribution in [-0.4, -0.2) is 4.98 Å². The van der Waals surface area contributed by atoms with E-state index in [4.69, 9.17) is 5.73 Å². The van der Waals surface area contributed by atoms with E-state index in [2.05, 4.69) is 71.8 Å². The van der Waals surface area contributed by atoms with Crippen LogP contribution in [0.3, 0.4) is 0 Å². The molecule has 3 heteroatoms. The molecule has 3 nitrogen and oxygen atoms in total. The van der Waals surface area contributed by atoms with Crippen molar-refractivity contribution in [2.75, 3.05) is 0 Å². The SMILES string of the molecule is CCCc1c(CNC2CCCc3cccnc32)ccc(CN)c1-c1ccccc1. The van der Waals surface area contributed by atoms with Crippen LogP contribution in [-0.2, 0) is 25.9 Å². The third-order valence-corrected chi connectivity index (χ3v) is 6.01. The first kappa shape index (κ1) is 19.8. The van der Waals surface area contributed by atoms with E-state index in [9.17, 15) is 0 Å². The zero-order valence-electron chi connectivity index (χ0n) is 17.3. The number of aryl methyl sites for hydroxylation is 1. The molecule has 0 spiro atoms. The molecule has 0 bridgehead atoms. The molecule has 2 aromatic carbocycles. The Morgan fingerprint density at radius 2 is 1.86 bits per heavy atom. The molecule has 0 saturated heterocycles. The van der Waals surface area contributed by atoms with Gasteiger partial charge in [0, 0.05) is 19.3 Å². The van der Waals surface area contributed by atoms with Gasteiger partial charge in [-0.15, -0.1) is 0 Å². The number of hydrogen-bond donors (Lipinski definition) is 2. The zero-order valence-corrected chi connectivity index (χ0v) is 17.3. The van der Waals surface area contributed by atoms with E-state index in [1.807, 2.05) is 6.20 Å². The van der Waals surface area contributed by atoms with Gasteiger partial charge in [-0.2, -0.15) is 0 Å². The van der Waals surface area contributed by atoms with Crippen molar-refractivity contribution in [2.45, 2.75) is 58.2 Å². The molecule has 4 rings (SSSR count). The van der Waals surface area contributed by atoms with Gasteiger partial charge in [0.25, 0.3) is 0 Å². The van der Waals surface area contributed by atoms with Gasteiger partial charge in [-0.25, -0.2) is 0 Å². The third kappa shape index (κ3) is 4.26. The normalized spacial score (nSPS) is 15.9. The Kier molecular flexibility index (Phi) is 6.38. The molecule has 0 radical (unpaired) electrons. The van der Waals surface area contributed by atoms with Crippen LogP contribution < -0.4 is 11.1 Å². The molecule has 1 aliphatic carbocycles. The molecule has 0 fully saturated rings. The molecule has 0 aliphatic heterocycles. The molecule has 0 amide bonds. The highest BCUT2D eigenvalue weighted by Crippen LogP contribution is 2.33. The Morgan fingerprint density at radius 1 is 1.03 bits per heavy atom. The number of nitrogens with zero attached hydrogens (tertiary/aromatic N) is 1. The van der Waals surface area contributed by atoms with Crippen molar-refractivity contribution in [3.8, 4) is 11.1 Å². The smallest absolute Gasteiger partial charge is 0.0605 e. The van der Waals surface area contributed by atoms with E-state index in [1.165, 1.54) is 45.5 Å². The molecule has 0 saturated carbocycles. The Labute approximate surface area is 174 Å². The van der Waals surface area contributed by atoms with Crippen LogP contribution in [0.2, 0.25) is 0 Å². The van der Waals surface area contributed by atoms with Gasteiger partial charge in [0.2, 0.25) is 0 Å². The molecule has 1 unspecified atom stereocenters. The summed E-state index contributed by atoms with van der Waals surface area (Å²) in [5.41, 5.74) is 15.4. The second-order valence-corrected chi connectivity index (χ2v) is 7.93. The summed E-state index contributed by atoms with van der Waals surface area (Å²) < 4.78 is 0. The fourth-order valence-electron chi connectivity index (χ4n) is 4.62. The number of pyridine rings is 1. The average molecular weight is 386 g/mol. The highest BCUT2D eigenvalue weighted by molar-refractivity contribution is 5.72. The Balaban J connectivity index is 1.66. The number of aromatic nitrogens is 1. The summed E-state index contributed by atoms with van der Waals surface area (Å²) in [6.45, 7) is 3.68. The largest absolute Gasteiger partial charge is 0.326 e. The van der Waals surface area contributed by atoms with Gasteiger partial charge >= 0.3 is 0 Å².